The standard InChI is InChI=1S/C19H27NO/c21-19(11-13-20-12-4-3-10-18(19)20)14-16-8-5-7-15-6-1-2-9-17(15)16/h1-2,6,9,16,18,21H,3-5,7-8,10-14H2. The monoisotopic (exact) mass is 285 g/mol. The lowest BCUT2D eigenvalue weighted by Crippen LogP contribution is -2.47. The molecule has 0 aromatic heterocycles. The van der Waals surface area contributed by atoms with E-state index in [1.165, 1.54) is 56.2 Å². The number of hydrogen-bond acceptors (Lipinski definition) is 2. The number of fused-ring (bicyclic) bond motifs is 2. The number of piperidine rings is 1. The maximum absolute atomic E-state index is 11.3. The van der Waals surface area contributed by atoms with Gasteiger partial charge in [0.1, 0.15) is 0 Å². The first-order valence-corrected chi connectivity index (χ1v) is 8.80. The molecule has 1 aliphatic carbocycles. The molecule has 3 unspecified atom stereocenters. The fourth-order valence-electron chi connectivity index (χ4n) is 5.10. The maximum Gasteiger partial charge on any atom is 0.0820 e. The molecule has 1 aromatic carbocycles. The third kappa shape index (κ3) is 2.43. The molecule has 2 saturated heterocycles. The van der Waals surface area contributed by atoms with Crippen molar-refractivity contribution in [3.63, 3.8) is 0 Å². The van der Waals surface area contributed by atoms with Gasteiger partial charge in [-0.2, -0.15) is 0 Å². The average Bonchev–Trinajstić information content (AvgIpc) is 2.86. The highest BCUT2D eigenvalue weighted by molar-refractivity contribution is 5.33. The van der Waals surface area contributed by atoms with Crippen molar-refractivity contribution in [1.29, 1.82) is 0 Å². The Kier molecular flexibility index (Phi) is 3.55. The van der Waals surface area contributed by atoms with Gasteiger partial charge in [-0.1, -0.05) is 30.7 Å². The molecule has 0 saturated carbocycles. The fraction of sp³-hybridized carbons (Fsp3) is 0.684. The summed E-state index contributed by atoms with van der Waals surface area (Å²) in [6.45, 7) is 2.31. The maximum atomic E-state index is 11.3. The van der Waals surface area contributed by atoms with Crippen molar-refractivity contribution in [2.45, 2.75) is 68.9 Å². The van der Waals surface area contributed by atoms with E-state index in [4.69, 9.17) is 0 Å². The second-order valence-electron chi connectivity index (χ2n) is 7.39. The molecule has 2 heterocycles. The number of hydrogen-bond donors (Lipinski definition) is 1. The van der Waals surface area contributed by atoms with Gasteiger partial charge >= 0.3 is 0 Å². The zero-order valence-corrected chi connectivity index (χ0v) is 12.9. The Bertz CT molecular complexity index is 514. The van der Waals surface area contributed by atoms with Crippen LogP contribution >= 0.6 is 0 Å². The number of aliphatic hydroxyl groups is 1. The van der Waals surface area contributed by atoms with E-state index in [9.17, 15) is 5.11 Å². The smallest absolute Gasteiger partial charge is 0.0820 e. The molecule has 0 radical (unpaired) electrons. The van der Waals surface area contributed by atoms with Gasteiger partial charge in [0.2, 0.25) is 0 Å². The van der Waals surface area contributed by atoms with E-state index < -0.39 is 5.60 Å². The van der Waals surface area contributed by atoms with Crippen LogP contribution in [0, 0.1) is 0 Å². The highest BCUT2D eigenvalue weighted by Gasteiger charge is 2.47. The summed E-state index contributed by atoms with van der Waals surface area (Å²) >= 11 is 0. The minimum absolute atomic E-state index is 0.431. The molecule has 4 rings (SSSR count). The van der Waals surface area contributed by atoms with Crippen molar-refractivity contribution >= 4 is 0 Å². The summed E-state index contributed by atoms with van der Waals surface area (Å²) in [5.74, 6) is 0.571. The van der Waals surface area contributed by atoms with E-state index in [0.717, 1.165) is 19.4 Å². The van der Waals surface area contributed by atoms with Crippen LogP contribution in [0.3, 0.4) is 0 Å². The first kappa shape index (κ1) is 13.8. The van der Waals surface area contributed by atoms with E-state index in [0.29, 0.717) is 12.0 Å². The highest BCUT2D eigenvalue weighted by atomic mass is 16.3. The summed E-state index contributed by atoms with van der Waals surface area (Å²) in [5.41, 5.74) is 2.61. The lowest BCUT2D eigenvalue weighted by atomic mass is 9.74. The molecule has 0 amide bonds. The van der Waals surface area contributed by atoms with E-state index in [2.05, 4.69) is 29.2 Å². The Morgan fingerprint density at radius 2 is 2.00 bits per heavy atom. The van der Waals surface area contributed by atoms with Gasteiger partial charge in [0.05, 0.1) is 5.60 Å². The van der Waals surface area contributed by atoms with Crippen molar-refractivity contribution in [3.8, 4) is 0 Å². The summed E-state index contributed by atoms with van der Waals surface area (Å²) in [6, 6.07) is 9.35. The van der Waals surface area contributed by atoms with Crippen LogP contribution in [-0.2, 0) is 6.42 Å². The predicted octanol–water partition coefficient (Wildman–Crippen LogP) is 3.49. The average molecular weight is 285 g/mol. The third-order valence-electron chi connectivity index (χ3n) is 6.16. The van der Waals surface area contributed by atoms with Crippen LogP contribution in [0.2, 0.25) is 0 Å². The van der Waals surface area contributed by atoms with E-state index >= 15 is 0 Å². The lowest BCUT2D eigenvalue weighted by Gasteiger charge is -2.40. The zero-order valence-electron chi connectivity index (χ0n) is 12.9. The fourth-order valence-corrected chi connectivity index (χ4v) is 5.10. The minimum Gasteiger partial charge on any atom is -0.388 e. The topological polar surface area (TPSA) is 23.5 Å². The van der Waals surface area contributed by atoms with Gasteiger partial charge in [-0.3, -0.25) is 4.90 Å². The van der Waals surface area contributed by atoms with Crippen LogP contribution in [0.25, 0.3) is 0 Å². The van der Waals surface area contributed by atoms with Gasteiger partial charge < -0.3 is 5.11 Å². The molecular formula is C19H27NO. The summed E-state index contributed by atoms with van der Waals surface area (Å²) in [7, 11) is 0. The van der Waals surface area contributed by atoms with Crippen LogP contribution in [0.4, 0.5) is 0 Å². The quantitative estimate of drug-likeness (QED) is 0.899. The molecule has 3 aliphatic rings. The molecule has 2 nitrogen and oxygen atoms in total. The molecule has 21 heavy (non-hydrogen) atoms. The second-order valence-corrected chi connectivity index (χ2v) is 7.39. The van der Waals surface area contributed by atoms with Crippen LogP contribution in [0.1, 0.15) is 62.0 Å². The predicted molar refractivity (Wildman–Crippen MR) is 85.5 cm³/mol. The van der Waals surface area contributed by atoms with Gasteiger partial charge in [0, 0.05) is 12.6 Å². The highest BCUT2D eigenvalue weighted by Crippen LogP contribution is 2.44. The third-order valence-corrected chi connectivity index (χ3v) is 6.16. The Balaban J connectivity index is 1.56. The molecule has 1 aromatic rings. The van der Waals surface area contributed by atoms with E-state index in [1.54, 1.807) is 0 Å². The largest absolute Gasteiger partial charge is 0.388 e. The summed E-state index contributed by atoms with van der Waals surface area (Å²) in [6.07, 6.45) is 9.54. The van der Waals surface area contributed by atoms with E-state index in [-0.39, 0.29) is 0 Å². The summed E-state index contributed by atoms with van der Waals surface area (Å²) < 4.78 is 0. The summed E-state index contributed by atoms with van der Waals surface area (Å²) in [4.78, 5) is 2.55. The molecule has 1 N–H and O–H groups in total. The van der Waals surface area contributed by atoms with Crippen molar-refractivity contribution in [3.05, 3.63) is 35.4 Å². The number of nitrogens with zero attached hydrogens (tertiary/aromatic N) is 1. The zero-order chi connectivity index (χ0) is 14.3. The lowest BCUT2D eigenvalue weighted by molar-refractivity contribution is -0.0223. The van der Waals surface area contributed by atoms with Crippen molar-refractivity contribution < 1.29 is 5.11 Å². The SMILES string of the molecule is OC1(CC2CCCc3ccccc32)CCN2CCCCC21. The first-order chi connectivity index (χ1) is 10.3. The summed E-state index contributed by atoms with van der Waals surface area (Å²) in [5, 5.41) is 11.3. The first-order valence-electron chi connectivity index (χ1n) is 8.80. The molecule has 0 spiro atoms. The Morgan fingerprint density at radius 1 is 1.10 bits per heavy atom. The number of rotatable bonds is 2. The second kappa shape index (κ2) is 5.40. The van der Waals surface area contributed by atoms with Crippen LogP contribution in [0.15, 0.2) is 24.3 Å². The van der Waals surface area contributed by atoms with Crippen LogP contribution in [0.5, 0.6) is 0 Å². The Hall–Kier alpha value is -0.860. The van der Waals surface area contributed by atoms with Gasteiger partial charge in [-0.05, 0) is 68.5 Å². The number of benzene rings is 1. The molecule has 114 valence electrons. The van der Waals surface area contributed by atoms with E-state index in [1.807, 2.05) is 0 Å². The molecule has 2 aliphatic heterocycles. The van der Waals surface area contributed by atoms with Crippen molar-refractivity contribution in [2.24, 2.45) is 0 Å². The van der Waals surface area contributed by atoms with Gasteiger partial charge in [0.25, 0.3) is 0 Å². The molecule has 2 heteroatoms. The normalized spacial score (nSPS) is 36.2. The molecule has 2 fully saturated rings. The number of aryl methyl sites for hydroxylation is 1. The van der Waals surface area contributed by atoms with Crippen LogP contribution < -0.4 is 0 Å². The Morgan fingerprint density at radius 3 is 2.95 bits per heavy atom. The molecule has 3 atom stereocenters. The van der Waals surface area contributed by atoms with Gasteiger partial charge in [0.15, 0.2) is 0 Å². The Labute approximate surface area is 128 Å². The molecular weight excluding hydrogens is 258 g/mol. The van der Waals surface area contributed by atoms with Crippen molar-refractivity contribution in [2.75, 3.05) is 13.1 Å². The van der Waals surface area contributed by atoms with Crippen molar-refractivity contribution in [1.82, 2.24) is 4.90 Å². The van der Waals surface area contributed by atoms with Crippen LogP contribution in [-0.4, -0.2) is 34.7 Å². The molecule has 0 bridgehead atoms. The minimum atomic E-state index is -0.435. The van der Waals surface area contributed by atoms with Gasteiger partial charge in [-0.25, -0.2) is 0 Å². The van der Waals surface area contributed by atoms with Gasteiger partial charge in [-0.15, -0.1) is 0 Å².